The first-order valence-electron chi connectivity index (χ1n) is 16.2. The number of carboxylic acid groups (broad SMARTS) is 1. The van der Waals surface area contributed by atoms with E-state index in [0.29, 0.717) is 52.6 Å². The lowest BCUT2D eigenvalue weighted by atomic mass is 9.50. The zero-order valence-corrected chi connectivity index (χ0v) is 29.7. The first-order valence-corrected chi connectivity index (χ1v) is 18.5. The molecule has 9 N–H and O–H groups in total. The summed E-state index contributed by atoms with van der Waals surface area (Å²) >= 11 is 0.966. The molecule has 18 nitrogen and oxygen atoms in total. The lowest BCUT2D eigenvalue weighted by Crippen LogP contribution is -2.76. The number of benzene rings is 1. The van der Waals surface area contributed by atoms with Gasteiger partial charge in [0.05, 0.1) is 5.54 Å². The number of hydroxylamine groups is 2. The van der Waals surface area contributed by atoms with Gasteiger partial charge >= 0.3 is 16.4 Å². The molecule has 2 saturated carbocycles. The Hall–Kier alpha value is -4.37. The number of ether oxygens (including phenoxy) is 1. The van der Waals surface area contributed by atoms with Gasteiger partial charge in [-0.25, -0.2) is 9.78 Å². The molecule has 0 unspecified atom stereocenters. The lowest BCUT2D eigenvalue weighted by molar-refractivity contribution is -0.218. The fourth-order valence-corrected chi connectivity index (χ4v) is 8.37. The average molecular weight is 749 g/mol. The molecule has 0 bridgehead atoms. The largest absolute Gasteiger partial charge is 0.485 e. The molecule has 3 fully saturated rings. The number of nitrogens with two attached hydrogens (primary N) is 2. The highest BCUT2D eigenvalue weighted by atomic mass is 32.3. The number of hydrogen-bond donors (Lipinski definition) is 7. The average Bonchev–Trinajstić information content (AvgIpc) is 3.46. The summed E-state index contributed by atoms with van der Waals surface area (Å²) in [6.07, 6.45) is 3.96. The topological polar surface area (TPSA) is 282 Å². The number of fused-ring (bicyclic) bond motifs is 1. The van der Waals surface area contributed by atoms with Gasteiger partial charge in [-0.1, -0.05) is 5.16 Å². The van der Waals surface area contributed by atoms with Crippen molar-refractivity contribution in [3.63, 3.8) is 0 Å². The number of amidine groups is 1. The van der Waals surface area contributed by atoms with Crippen LogP contribution < -0.4 is 26.8 Å². The number of aryl methyl sites for hydroxylation is 1. The van der Waals surface area contributed by atoms with E-state index in [1.54, 1.807) is 12.1 Å². The normalized spacial score (nSPS) is 27.8. The minimum absolute atomic E-state index is 0.0597. The smallest absolute Gasteiger partial charge is 0.418 e. The summed E-state index contributed by atoms with van der Waals surface area (Å²) in [6, 6.07) is 4.22. The molecule has 1 aromatic carbocycles. The van der Waals surface area contributed by atoms with Gasteiger partial charge in [-0.2, -0.15) is 13.5 Å². The van der Waals surface area contributed by atoms with E-state index >= 15 is 0 Å². The lowest BCUT2D eigenvalue weighted by Gasteiger charge is -2.57. The molecule has 2 amide bonds. The molecular formula is C31H40N8O10S2. The summed E-state index contributed by atoms with van der Waals surface area (Å²) in [5, 5.41) is 30.2. The zero-order valence-electron chi connectivity index (χ0n) is 28.0. The molecule has 1 saturated heterocycles. The van der Waals surface area contributed by atoms with Gasteiger partial charge in [-0.15, -0.1) is 15.6 Å². The molecule has 2 aliphatic carbocycles. The van der Waals surface area contributed by atoms with E-state index in [0.717, 1.165) is 42.6 Å². The van der Waals surface area contributed by atoms with Crippen molar-refractivity contribution < 1.29 is 46.3 Å². The van der Waals surface area contributed by atoms with Gasteiger partial charge in [0.25, 0.3) is 17.4 Å². The molecule has 0 radical (unpaired) electrons. The number of hydrogen-bond acceptors (Lipinski definition) is 14. The predicted octanol–water partition coefficient (Wildman–Crippen LogP) is 0.956. The number of aromatic nitrogens is 1. The Morgan fingerprint density at radius 1 is 1.27 bits per heavy atom. The maximum absolute atomic E-state index is 13.5. The van der Waals surface area contributed by atoms with Crippen molar-refractivity contribution in [2.45, 2.75) is 88.6 Å². The predicted molar refractivity (Wildman–Crippen MR) is 182 cm³/mol. The van der Waals surface area contributed by atoms with E-state index in [1.807, 2.05) is 6.07 Å². The third-order valence-electron chi connectivity index (χ3n) is 10.2. The van der Waals surface area contributed by atoms with E-state index in [4.69, 9.17) is 31.0 Å². The third-order valence-corrected chi connectivity index (χ3v) is 11.2. The second-order valence-corrected chi connectivity index (χ2v) is 16.3. The second-order valence-electron chi connectivity index (χ2n) is 14.4. The van der Waals surface area contributed by atoms with Crippen LogP contribution in [0.1, 0.15) is 69.7 Å². The van der Waals surface area contributed by atoms with Crippen molar-refractivity contribution in [3.05, 3.63) is 40.4 Å². The van der Waals surface area contributed by atoms with Gasteiger partial charge < -0.3 is 36.8 Å². The molecule has 3 atom stereocenters. The first-order chi connectivity index (χ1) is 23.8. The summed E-state index contributed by atoms with van der Waals surface area (Å²) in [6.45, 7) is 4.70. The van der Waals surface area contributed by atoms with Gasteiger partial charge in [-0.3, -0.25) is 19.6 Å². The summed E-state index contributed by atoms with van der Waals surface area (Å²) in [5.74, 6) is -2.23. The molecule has 51 heavy (non-hydrogen) atoms. The summed E-state index contributed by atoms with van der Waals surface area (Å²) < 4.78 is 41.8. The molecule has 2 aliphatic heterocycles. The van der Waals surface area contributed by atoms with E-state index in [2.05, 4.69) is 25.1 Å². The Balaban J connectivity index is 1.13. The standard InChI is InChI=1S/C31H40N8O10S2/c1-29(2)23(26(41)39(29)49-51(44,45)46)37-25(40)22(19-14-50-28(34)36-19)38-48-30(3,27(42)43)21-7-5-16-8-17(4-6-20(16)47-21)24(33)35-13-15-9-31(10-15)11-18(32)12-31/h4,6,8,14-15,18,21,23H,5,7,9-13,32H2,1-3H3,(H2,33,35)(H2,34,36)(H,37,40)(H,42,43)(H,44,45,46)/b38-22-/t15?,18?,21-,23-,30+,31?/m1/s1. The third kappa shape index (κ3) is 7.10. The number of carbonyl (C=O) groups excluding carboxylic acids is 2. The van der Waals surface area contributed by atoms with Crippen molar-refractivity contribution >= 4 is 56.2 Å². The van der Waals surface area contributed by atoms with Gasteiger partial charge in [0, 0.05) is 23.5 Å². The number of nitrogens with one attached hydrogen (secondary N) is 3. The maximum atomic E-state index is 13.5. The van der Waals surface area contributed by atoms with Crippen molar-refractivity contribution in [2.75, 3.05) is 12.3 Å². The number of β-lactam (4-membered cyclic amide) rings is 1. The van der Waals surface area contributed by atoms with E-state index in [-0.39, 0.29) is 17.2 Å². The number of nitrogen functional groups attached to an aromatic ring is 1. The number of carbonyl (C=O) groups is 3. The Morgan fingerprint density at radius 3 is 2.57 bits per heavy atom. The number of anilines is 1. The highest BCUT2D eigenvalue weighted by Gasteiger charge is 2.58. The Morgan fingerprint density at radius 2 is 1.98 bits per heavy atom. The van der Waals surface area contributed by atoms with E-state index < -0.39 is 57.2 Å². The molecule has 6 rings (SSSR count). The van der Waals surface area contributed by atoms with Gasteiger partial charge in [0.2, 0.25) is 0 Å². The highest BCUT2D eigenvalue weighted by molar-refractivity contribution is 7.80. The van der Waals surface area contributed by atoms with Crippen molar-refractivity contribution in [3.8, 4) is 5.75 Å². The zero-order chi connectivity index (χ0) is 37.1. The SMILES string of the molecule is CC1(C)[C@H](NC(=O)/C(=N\O[C@](C)(C(=O)O)[C@H]2CCc3cc(C(=N)NCC4CC5(CC(N)C5)C4)ccc3O2)c2csc(N)n2)C(=O)N1OS(=O)(=O)O. The summed E-state index contributed by atoms with van der Waals surface area (Å²) in [4.78, 5) is 48.4. The first kappa shape index (κ1) is 36.4. The molecule has 4 aliphatic rings. The minimum Gasteiger partial charge on any atom is -0.485 e. The van der Waals surface area contributed by atoms with Crippen molar-refractivity contribution in [1.29, 1.82) is 5.41 Å². The van der Waals surface area contributed by atoms with Crippen molar-refractivity contribution in [2.24, 2.45) is 22.2 Å². The fraction of sp³-hybridized carbons (Fsp3) is 0.548. The number of aliphatic carboxylic acids is 1. The summed E-state index contributed by atoms with van der Waals surface area (Å²) in [7, 11) is -5.03. The van der Waals surface area contributed by atoms with Crippen LogP contribution in [-0.4, -0.2) is 93.3 Å². The number of nitrogens with zero attached hydrogens (tertiary/aromatic N) is 3. The van der Waals surface area contributed by atoms with Crippen LogP contribution in [0.2, 0.25) is 0 Å². The number of rotatable bonds is 12. The van der Waals surface area contributed by atoms with Crippen LogP contribution in [0, 0.1) is 16.7 Å². The molecule has 20 heteroatoms. The van der Waals surface area contributed by atoms with E-state index in [1.165, 1.54) is 26.2 Å². The quantitative estimate of drug-likeness (QED) is 0.0524. The number of amides is 2. The molecular weight excluding hydrogens is 709 g/mol. The highest BCUT2D eigenvalue weighted by Crippen LogP contribution is 2.57. The van der Waals surface area contributed by atoms with Gasteiger partial charge in [0.15, 0.2) is 16.9 Å². The van der Waals surface area contributed by atoms with Crippen LogP contribution in [-0.2, 0) is 40.3 Å². The summed E-state index contributed by atoms with van der Waals surface area (Å²) in [5.41, 5.74) is 9.45. The van der Waals surface area contributed by atoms with Gasteiger partial charge in [-0.05, 0) is 94.4 Å². The Labute approximate surface area is 297 Å². The monoisotopic (exact) mass is 748 g/mol. The molecule has 1 aromatic heterocycles. The number of thiazole rings is 1. The molecule has 1 spiro atoms. The molecule has 2 aromatic rings. The Kier molecular flexibility index (Phi) is 9.28. The van der Waals surface area contributed by atoms with Crippen LogP contribution in [0.5, 0.6) is 5.75 Å². The number of carboxylic acids is 1. The Bertz CT molecular complexity index is 1900. The van der Waals surface area contributed by atoms with Crippen LogP contribution in [0.4, 0.5) is 5.13 Å². The van der Waals surface area contributed by atoms with Crippen molar-refractivity contribution in [1.82, 2.24) is 20.7 Å². The van der Waals surface area contributed by atoms with Crippen LogP contribution in [0.15, 0.2) is 28.7 Å². The second kappa shape index (κ2) is 13.0. The van der Waals surface area contributed by atoms with Crippen LogP contribution in [0.3, 0.4) is 0 Å². The van der Waals surface area contributed by atoms with Gasteiger partial charge in [0.1, 0.15) is 23.3 Å². The number of oxime groups is 1. The fourth-order valence-electron chi connectivity index (χ4n) is 7.37. The van der Waals surface area contributed by atoms with Crippen LogP contribution >= 0.6 is 11.3 Å². The van der Waals surface area contributed by atoms with Crippen LogP contribution in [0.25, 0.3) is 0 Å². The minimum atomic E-state index is -5.03. The van der Waals surface area contributed by atoms with E-state index in [9.17, 15) is 27.9 Å². The maximum Gasteiger partial charge on any atom is 0.418 e. The molecule has 3 heterocycles. The molecule has 276 valence electrons.